The summed E-state index contributed by atoms with van der Waals surface area (Å²) >= 11 is 0. The number of carbonyl (C=O) groups excluding carboxylic acids is 1. The molecule has 0 spiro atoms. The fourth-order valence-electron chi connectivity index (χ4n) is 1.57. The van der Waals surface area contributed by atoms with Crippen LogP contribution in [-0.2, 0) is 0 Å². The highest BCUT2D eigenvalue weighted by Crippen LogP contribution is 2.19. The summed E-state index contributed by atoms with van der Waals surface area (Å²) in [5.74, 6) is 0.204. The van der Waals surface area contributed by atoms with Crippen molar-refractivity contribution in [1.82, 2.24) is 10.2 Å². The maximum absolute atomic E-state index is 12.0. The quantitative estimate of drug-likeness (QED) is 0.600. The van der Waals surface area contributed by atoms with E-state index in [1.54, 1.807) is 18.2 Å². The molecule has 6 heteroatoms. The van der Waals surface area contributed by atoms with E-state index in [2.05, 4.69) is 15.5 Å². The van der Waals surface area contributed by atoms with E-state index in [9.17, 15) is 4.79 Å². The van der Waals surface area contributed by atoms with E-state index in [0.29, 0.717) is 22.8 Å². The van der Waals surface area contributed by atoms with Gasteiger partial charge >= 0.3 is 0 Å². The Balaban J connectivity index is 2.25. The van der Waals surface area contributed by atoms with E-state index in [4.69, 9.17) is 11.5 Å². The Morgan fingerprint density at radius 1 is 1.33 bits per heavy atom. The van der Waals surface area contributed by atoms with Crippen LogP contribution in [0.3, 0.4) is 0 Å². The molecule has 6 N–H and O–H groups in total. The van der Waals surface area contributed by atoms with Crippen LogP contribution in [0, 0.1) is 13.8 Å². The number of hydrogen-bond donors (Lipinski definition) is 4. The largest absolute Gasteiger partial charge is 0.399 e. The number of rotatable bonds is 2. The number of benzene rings is 1. The second-order valence-electron chi connectivity index (χ2n) is 4.12. The van der Waals surface area contributed by atoms with Gasteiger partial charge < -0.3 is 16.8 Å². The van der Waals surface area contributed by atoms with Gasteiger partial charge in [-0.15, -0.1) is 0 Å². The van der Waals surface area contributed by atoms with Crippen LogP contribution in [0.1, 0.15) is 21.6 Å². The van der Waals surface area contributed by atoms with Crippen molar-refractivity contribution in [2.45, 2.75) is 13.8 Å². The first-order chi connectivity index (χ1) is 8.49. The molecule has 2 aromatic rings. The Bertz CT molecular complexity index is 603. The second kappa shape index (κ2) is 4.40. The van der Waals surface area contributed by atoms with Gasteiger partial charge in [-0.3, -0.25) is 9.89 Å². The van der Waals surface area contributed by atoms with Crippen LogP contribution in [0.2, 0.25) is 0 Å². The number of nitrogens with one attached hydrogen (secondary N) is 2. The molecule has 0 aliphatic heterocycles. The molecule has 0 saturated heterocycles. The van der Waals surface area contributed by atoms with Crippen molar-refractivity contribution in [1.29, 1.82) is 0 Å². The number of H-pyrrole nitrogens is 1. The Labute approximate surface area is 104 Å². The monoisotopic (exact) mass is 245 g/mol. The first-order valence-electron chi connectivity index (χ1n) is 5.47. The fourth-order valence-corrected chi connectivity index (χ4v) is 1.57. The van der Waals surface area contributed by atoms with Crippen molar-refractivity contribution < 1.29 is 4.79 Å². The molecule has 0 unspecified atom stereocenters. The SMILES string of the molecule is Cc1[nH]nc(NC(=O)c2ccc(N)cc2N)c1C. The molecule has 1 heterocycles. The van der Waals surface area contributed by atoms with E-state index < -0.39 is 0 Å². The predicted octanol–water partition coefficient (Wildman–Crippen LogP) is 1.44. The summed E-state index contributed by atoms with van der Waals surface area (Å²) in [6, 6.07) is 4.78. The maximum atomic E-state index is 12.0. The molecule has 0 aliphatic carbocycles. The minimum absolute atomic E-state index is 0.304. The van der Waals surface area contributed by atoms with E-state index in [1.807, 2.05) is 13.8 Å². The molecule has 0 radical (unpaired) electrons. The molecule has 2 rings (SSSR count). The lowest BCUT2D eigenvalue weighted by Crippen LogP contribution is -2.15. The van der Waals surface area contributed by atoms with Crippen LogP contribution in [0.4, 0.5) is 17.2 Å². The van der Waals surface area contributed by atoms with Crippen LogP contribution in [0.25, 0.3) is 0 Å². The Morgan fingerprint density at radius 3 is 2.61 bits per heavy atom. The average molecular weight is 245 g/mol. The standard InChI is InChI=1S/C12H15N5O/c1-6-7(2)16-17-11(6)15-12(18)9-4-3-8(13)5-10(9)14/h3-5H,13-14H2,1-2H3,(H2,15,16,17,18). The molecule has 1 aromatic heterocycles. The number of nitrogens with zero attached hydrogens (tertiary/aromatic N) is 1. The molecule has 0 bridgehead atoms. The Hall–Kier alpha value is -2.50. The van der Waals surface area contributed by atoms with Crippen molar-refractivity contribution in [3.63, 3.8) is 0 Å². The fraction of sp³-hybridized carbons (Fsp3) is 0.167. The van der Waals surface area contributed by atoms with Gasteiger partial charge in [0.15, 0.2) is 5.82 Å². The molecule has 94 valence electrons. The van der Waals surface area contributed by atoms with E-state index in [1.165, 1.54) is 0 Å². The zero-order chi connectivity index (χ0) is 13.3. The molecule has 0 atom stereocenters. The van der Waals surface area contributed by atoms with Crippen molar-refractivity contribution in [2.75, 3.05) is 16.8 Å². The third-order valence-corrected chi connectivity index (χ3v) is 2.81. The van der Waals surface area contributed by atoms with Crippen LogP contribution >= 0.6 is 0 Å². The van der Waals surface area contributed by atoms with Gasteiger partial charge in [-0.2, -0.15) is 5.10 Å². The summed E-state index contributed by atoms with van der Waals surface area (Å²) in [5, 5.41) is 9.51. The van der Waals surface area contributed by atoms with E-state index in [-0.39, 0.29) is 5.91 Å². The Kier molecular flexibility index (Phi) is 2.93. The number of aromatic amines is 1. The van der Waals surface area contributed by atoms with Gasteiger partial charge in [0.2, 0.25) is 0 Å². The lowest BCUT2D eigenvalue weighted by molar-refractivity contribution is 0.102. The third-order valence-electron chi connectivity index (χ3n) is 2.81. The van der Waals surface area contributed by atoms with Gasteiger partial charge in [0.25, 0.3) is 5.91 Å². The lowest BCUT2D eigenvalue weighted by Gasteiger charge is -2.06. The van der Waals surface area contributed by atoms with Gasteiger partial charge in [-0.25, -0.2) is 0 Å². The molecule has 0 aliphatic rings. The Morgan fingerprint density at radius 2 is 2.06 bits per heavy atom. The lowest BCUT2D eigenvalue weighted by atomic mass is 10.1. The number of amides is 1. The smallest absolute Gasteiger partial charge is 0.258 e. The highest BCUT2D eigenvalue weighted by molar-refractivity contribution is 6.07. The number of carbonyl (C=O) groups is 1. The number of nitrogen functional groups attached to an aromatic ring is 2. The predicted molar refractivity (Wildman–Crippen MR) is 71.3 cm³/mol. The second-order valence-corrected chi connectivity index (χ2v) is 4.12. The minimum Gasteiger partial charge on any atom is -0.399 e. The summed E-state index contributed by atoms with van der Waals surface area (Å²) in [5.41, 5.74) is 14.4. The van der Waals surface area contributed by atoms with Gasteiger partial charge in [-0.05, 0) is 32.0 Å². The van der Waals surface area contributed by atoms with Crippen LogP contribution in [0.5, 0.6) is 0 Å². The van der Waals surface area contributed by atoms with E-state index >= 15 is 0 Å². The number of aryl methyl sites for hydroxylation is 1. The molecule has 0 saturated carbocycles. The highest BCUT2D eigenvalue weighted by Gasteiger charge is 2.13. The highest BCUT2D eigenvalue weighted by atomic mass is 16.1. The zero-order valence-corrected chi connectivity index (χ0v) is 10.2. The molecular formula is C12H15N5O. The molecule has 6 nitrogen and oxygen atoms in total. The van der Waals surface area contributed by atoms with Crippen molar-refractivity contribution >= 4 is 23.1 Å². The molecule has 1 amide bonds. The summed E-state index contributed by atoms with van der Waals surface area (Å²) in [6.07, 6.45) is 0. The first kappa shape index (κ1) is 12.0. The van der Waals surface area contributed by atoms with E-state index in [0.717, 1.165) is 11.3 Å². The zero-order valence-electron chi connectivity index (χ0n) is 10.2. The summed E-state index contributed by atoms with van der Waals surface area (Å²) in [6.45, 7) is 3.76. The number of hydrogen-bond acceptors (Lipinski definition) is 4. The summed E-state index contributed by atoms with van der Waals surface area (Å²) in [4.78, 5) is 12.0. The number of nitrogens with two attached hydrogens (primary N) is 2. The molecule has 0 fully saturated rings. The van der Waals surface area contributed by atoms with Crippen LogP contribution < -0.4 is 16.8 Å². The minimum atomic E-state index is -0.304. The molecular weight excluding hydrogens is 230 g/mol. The van der Waals surface area contributed by atoms with Crippen LogP contribution in [0.15, 0.2) is 18.2 Å². The van der Waals surface area contributed by atoms with Gasteiger partial charge in [-0.1, -0.05) is 0 Å². The van der Waals surface area contributed by atoms with Gasteiger partial charge in [0.1, 0.15) is 0 Å². The van der Waals surface area contributed by atoms with Gasteiger partial charge in [0.05, 0.1) is 5.56 Å². The summed E-state index contributed by atoms with van der Waals surface area (Å²) < 4.78 is 0. The molecule has 1 aromatic carbocycles. The maximum Gasteiger partial charge on any atom is 0.258 e. The normalized spacial score (nSPS) is 10.3. The van der Waals surface area contributed by atoms with Gasteiger partial charge in [0, 0.05) is 22.6 Å². The van der Waals surface area contributed by atoms with Crippen molar-refractivity contribution in [3.05, 3.63) is 35.0 Å². The summed E-state index contributed by atoms with van der Waals surface area (Å²) in [7, 11) is 0. The number of aromatic nitrogens is 2. The van der Waals surface area contributed by atoms with Crippen molar-refractivity contribution in [3.8, 4) is 0 Å². The number of anilines is 3. The van der Waals surface area contributed by atoms with Crippen molar-refractivity contribution in [2.24, 2.45) is 0 Å². The third kappa shape index (κ3) is 2.13. The van der Waals surface area contributed by atoms with Crippen LogP contribution in [-0.4, -0.2) is 16.1 Å². The molecule has 18 heavy (non-hydrogen) atoms. The topological polar surface area (TPSA) is 110 Å². The average Bonchev–Trinajstić information content (AvgIpc) is 2.61. The first-order valence-corrected chi connectivity index (χ1v) is 5.47.